The number of nitrogens with zero attached hydrogens (tertiary/aromatic N) is 3. The fraction of sp³-hybridized carbons (Fsp3) is 0.625. The number of hydrogen-bond donors (Lipinski definition) is 2. The fourth-order valence-corrected chi connectivity index (χ4v) is 6.08. The molecular weight excluding hydrogens is 593 g/mol. The van der Waals surface area contributed by atoms with Crippen LogP contribution in [0.25, 0.3) is 11.0 Å². The molecule has 0 amide bonds. The van der Waals surface area contributed by atoms with Gasteiger partial charge in [0.1, 0.15) is 5.75 Å². The zero-order chi connectivity index (χ0) is 33.5. The standard InChI is InChI=1S/C30H46BN5O6S.C2H6/c1-12-19(31-41-29(4,5)30(6,7)42-31)13-25(39-11)26(17-37-9)43-35-28-20-14-24(38-10)21(15-23(20)40-34-28)32-27-16-22(18(2)3)36(8)33-27;1-2/h12,14-16,18-19,25-26H,1,13,17H2,2-11H3,(H,32,33)(H,34,35);1-2H3. The van der Waals surface area contributed by atoms with Crippen molar-refractivity contribution in [3.05, 3.63) is 36.5 Å². The van der Waals surface area contributed by atoms with Gasteiger partial charge in [0, 0.05) is 44.9 Å². The molecule has 13 heteroatoms. The minimum atomic E-state index is -0.428. The van der Waals surface area contributed by atoms with Crippen molar-refractivity contribution in [3.8, 4) is 5.75 Å². The minimum absolute atomic E-state index is 0.0789. The molecule has 1 aliphatic heterocycles. The van der Waals surface area contributed by atoms with E-state index in [0.29, 0.717) is 36.1 Å². The van der Waals surface area contributed by atoms with E-state index in [1.165, 1.54) is 11.9 Å². The highest BCUT2D eigenvalue weighted by Gasteiger charge is 2.53. The van der Waals surface area contributed by atoms with E-state index in [4.69, 9.17) is 28.0 Å². The topological polar surface area (TPSA) is 114 Å². The highest BCUT2D eigenvalue weighted by molar-refractivity contribution is 8.01. The van der Waals surface area contributed by atoms with Gasteiger partial charge >= 0.3 is 7.12 Å². The van der Waals surface area contributed by atoms with Crippen molar-refractivity contribution in [3.63, 3.8) is 0 Å². The molecule has 1 saturated heterocycles. The molecule has 45 heavy (non-hydrogen) atoms. The third kappa shape index (κ3) is 8.37. The zero-order valence-electron chi connectivity index (χ0n) is 29.0. The molecule has 11 nitrogen and oxygen atoms in total. The molecule has 2 N–H and O–H groups in total. The van der Waals surface area contributed by atoms with Gasteiger partial charge in [0.15, 0.2) is 17.2 Å². The number of benzene rings is 1. The molecule has 0 spiro atoms. The summed E-state index contributed by atoms with van der Waals surface area (Å²) in [7, 11) is 6.53. The van der Waals surface area contributed by atoms with Crippen LogP contribution in [0.15, 0.2) is 35.4 Å². The Hall–Kier alpha value is -2.71. The lowest BCUT2D eigenvalue weighted by atomic mass is 9.69. The van der Waals surface area contributed by atoms with Crippen LogP contribution in [0.2, 0.25) is 5.82 Å². The van der Waals surface area contributed by atoms with Crippen molar-refractivity contribution in [1.82, 2.24) is 14.9 Å². The van der Waals surface area contributed by atoms with Gasteiger partial charge in [-0.15, -0.1) is 6.58 Å². The van der Waals surface area contributed by atoms with Gasteiger partial charge in [0.25, 0.3) is 0 Å². The summed E-state index contributed by atoms with van der Waals surface area (Å²) in [6, 6.07) is 5.79. The molecule has 0 saturated carbocycles. The molecule has 3 heterocycles. The van der Waals surface area contributed by atoms with Gasteiger partial charge in [-0.3, -0.25) is 4.68 Å². The molecule has 250 valence electrons. The average molecular weight is 646 g/mol. The van der Waals surface area contributed by atoms with E-state index in [9.17, 15) is 0 Å². The molecule has 2 aromatic heterocycles. The maximum absolute atomic E-state index is 6.31. The first-order valence-corrected chi connectivity index (χ1v) is 16.4. The van der Waals surface area contributed by atoms with Crippen LogP contribution < -0.4 is 14.8 Å². The Balaban J connectivity index is 0.00000271. The number of methoxy groups -OCH3 is 3. The summed E-state index contributed by atoms with van der Waals surface area (Å²) < 4.78 is 40.8. The lowest BCUT2D eigenvalue weighted by molar-refractivity contribution is 0.00578. The van der Waals surface area contributed by atoms with E-state index in [-0.39, 0.29) is 17.2 Å². The van der Waals surface area contributed by atoms with Gasteiger partial charge in [0.2, 0.25) is 0 Å². The fourth-order valence-electron chi connectivity index (χ4n) is 5.09. The third-order valence-electron chi connectivity index (χ3n) is 8.35. The maximum atomic E-state index is 6.31. The molecular formula is C32H52BN5O6S. The number of allylic oxidation sites excluding steroid dienone is 1. The largest absolute Gasteiger partial charge is 0.495 e. The number of aromatic nitrogens is 3. The van der Waals surface area contributed by atoms with Crippen molar-refractivity contribution >= 4 is 47.4 Å². The molecule has 1 fully saturated rings. The van der Waals surface area contributed by atoms with Crippen LogP contribution in [0, 0.1) is 0 Å². The van der Waals surface area contributed by atoms with Crippen LogP contribution in [0.1, 0.15) is 73.4 Å². The predicted molar refractivity (Wildman–Crippen MR) is 185 cm³/mol. The summed E-state index contributed by atoms with van der Waals surface area (Å²) in [4.78, 5) is 0. The van der Waals surface area contributed by atoms with E-state index < -0.39 is 18.3 Å². The number of aryl methyl sites for hydroxylation is 1. The second-order valence-corrected chi connectivity index (χ2v) is 13.2. The lowest BCUT2D eigenvalue weighted by Gasteiger charge is -2.32. The molecule has 4 rings (SSSR count). The Labute approximate surface area is 273 Å². The van der Waals surface area contributed by atoms with Crippen molar-refractivity contribution in [1.29, 1.82) is 0 Å². The van der Waals surface area contributed by atoms with Gasteiger partial charge < -0.3 is 38.1 Å². The Morgan fingerprint density at radius 2 is 1.76 bits per heavy atom. The zero-order valence-corrected chi connectivity index (χ0v) is 29.8. The first kappa shape index (κ1) is 36.8. The number of nitrogens with one attached hydrogen (secondary N) is 2. The summed E-state index contributed by atoms with van der Waals surface area (Å²) in [5, 5.41) is 12.9. The number of ether oxygens (including phenoxy) is 3. The summed E-state index contributed by atoms with van der Waals surface area (Å²) in [5.41, 5.74) is 1.60. The smallest absolute Gasteiger partial charge is 0.465 e. The predicted octanol–water partition coefficient (Wildman–Crippen LogP) is 7.59. The van der Waals surface area contributed by atoms with Crippen molar-refractivity contribution in [2.24, 2.45) is 7.05 Å². The second kappa shape index (κ2) is 15.7. The quantitative estimate of drug-likeness (QED) is 0.0968. The average Bonchev–Trinajstić information content (AvgIpc) is 3.64. The molecule has 1 aromatic carbocycles. The highest BCUT2D eigenvalue weighted by atomic mass is 32.2. The Morgan fingerprint density at radius 1 is 1.09 bits per heavy atom. The first-order chi connectivity index (χ1) is 21.3. The second-order valence-electron chi connectivity index (χ2n) is 12.2. The molecule has 0 aliphatic carbocycles. The van der Waals surface area contributed by atoms with E-state index >= 15 is 0 Å². The highest BCUT2D eigenvalue weighted by Crippen LogP contribution is 2.42. The number of rotatable bonds is 15. The first-order valence-electron chi connectivity index (χ1n) is 15.5. The Morgan fingerprint density at radius 3 is 2.29 bits per heavy atom. The Bertz CT molecular complexity index is 1380. The van der Waals surface area contributed by atoms with Crippen LogP contribution >= 0.6 is 11.9 Å². The monoisotopic (exact) mass is 645 g/mol. The number of hydrogen-bond acceptors (Lipinski definition) is 11. The maximum Gasteiger partial charge on any atom is 0.465 e. The van der Waals surface area contributed by atoms with Crippen molar-refractivity contribution in [2.75, 3.05) is 38.0 Å². The van der Waals surface area contributed by atoms with Crippen LogP contribution in [0.4, 0.5) is 17.3 Å². The van der Waals surface area contributed by atoms with Gasteiger partial charge in [0.05, 0.1) is 47.3 Å². The van der Waals surface area contributed by atoms with Crippen LogP contribution in [0.3, 0.4) is 0 Å². The molecule has 0 radical (unpaired) electrons. The van der Waals surface area contributed by atoms with Gasteiger partial charge in [-0.25, -0.2) is 0 Å². The van der Waals surface area contributed by atoms with E-state index in [2.05, 4.69) is 40.7 Å². The third-order valence-corrected chi connectivity index (χ3v) is 9.40. The number of anilines is 3. The minimum Gasteiger partial charge on any atom is -0.495 e. The molecule has 0 bridgehead atoms. The van der Waals surface area contributed by atoms with Crippen LogP contribution in [-0.4, -0.2) is 72.5 Å². The number of fused-ring (bicyclic) bond motifs is 1. The summed E-state index contributed by atoms with van der Waals surface area (Å²) in [6.07, 6.45) is 2.32. The van der Waals surface area contributed by atoms with E-state index in [1.54, 1.807) is 21.3 Å². The molecule has 3 aromatic rings. The lowest BCUT2D eigenvalue weighted by Crippen LogP contribution is -2.41. The molecule has 3 unspecified atom stereocenters. The van der Waals surface area contributed by atoms with Crippen molar-refractivity contribution < 1.29 is 28.0 Å². The van der Waals surface area contributed by atoms with Crippen LogP contribution in [-0.2, 0) is 25.8 Å². The van der Waals surface area contributed by atoms with Crippen LogP contribution in [0.5, 0.6) is 5.75 Å². The SMILES string of the molecule is C=CC(CC(OC)C(COC)SNc1noc2cc(Nc3cc(C(C)C)n(C)n3)c(OC)cc12)B1OC(C)(C)C(C)(C)O1.CC. The summed E-state index contributed by atoms with van der Waals surface area (Å²) in [6.45, 7) is 21.0. The van der Waals surface area contributed by atoms with Gasteiger partial charge in [-0.2, -0.15) is 5.10 Å². The van der Waals surface area contributed by atoms with E-state index in [1.807, 2.05) is 77.5 Å². The summed E-state index contributed by atoms with van der Waals surface area (Å²) >= 11 is 1.47. The Kier molecular flexibility index (Phi) is 12.8. The molecule has 1 aliphatic rings. The van der Waals surface area contributed by atoms with Gasteiger partial charge in [-0.1, -0.05) is 38.9 Å². The van der Waals surface area contributed by atoms with Gasteiger partial charge in [-0.05, 0) is 58.0 Å². The van der Waals surface area contributed by atoms with Crippen molar-refractivity contribution in [2.45, 2.75) is 96.1 Å². The molecule has 3 atom stereocenters. The normalized spacial score (nSPS) is 17.5. The summed E-state index contributed by atoms with van der Waals surface area (Å²) in [5.74, 6) is 2.21. The van der Waals surface area contributed by atoms with E-state index in [0.717, 1.165) is 22.6 Å².